The molecule has 0 aliphatic carbocycles. The van der Waals surface area contributed by atoms with Gasteiger partial charge in [0.2, 0.25) is 5.88 Å². The Balaban J connectivity index is 2.97. The molecule has 0 atom stereocenters. The van der Waals surface area contributed by atoms with Gasteiger partial charge in [0.25, 0.3) is 6.43 Å². The minimum absolute atomic E-state index is 0.0901. The van der Waals surface area contributed by atoms with Gasteiger partial charge in [-0.1, -0.05) is 0 Å². The zero-order chi connectivity index (χ0) is 12.1. The molecule has 0 aromatic carbocycles. The number of carbonyl (C=O) groups is 1. The van der Waals surface area contributed by atoms with Crippen molar-refractivity contribution in [3.63, 3.8) is 0 Å². The van der Waals surface area contributed by atoms with Crippen molar-refractivity contribution in [3.8, 4) is 5.88 Å². The number of halogens is 2. The number of nitrogens with zero attached hydrogens (tertiary/aromatic N) is 1. The van der Waals surface area contributed by atoms with Crippen LogP contribution in [0.15, 0.2) is 12.3 Å². The highest BCUT2D eigenvalue weighted by Gasteiger charge is 2.16. The summed E-state index contributed by atoms with van der Waals surface area (Å²) < 4.78 is 34.3. The lowest BCUT2D eigenvalue weighted by atomic mass is 10.1. The Kier molecular flexibility index (Phi) is 4.16. The van der Waals surface area contributed by atoms with Crippen LogP contribution in [0, 0.1) is 0 Å². The second-order valence-corrected chi connectivity index (χ2v) is 3.00. The van der Waals surface area contributed by atoms with E-state index in [1.54, 1.807) is 0 Å². The molecular formula is C10H11F2NO3. The van der Waals surface area contributed by atoms with E-state index < -0.39 is 12.4 Å². The highest BCUT2D eigenvalue weighted by molar-refractivity contribution is 5.72. The van der Waals surface area contributed by atoms with Crippen LogP contribution in [0.2, 0.25) is 0 Å². The van der Waals surface area contributed by atoms with E-state index in [0.717, 1.165) is 0 Å². The fraction of sp³-hybridized carbons (Fsp3) is 0.400. The van der Waals surface area contributed by atoms with Gasteiger partial charge in [-0.2, -0.15) is 0 Å². The molecule has 6 heteroatoms. The van der Waals surface area contributed by atoms with Crippen LogP contribution in [0.3, 0.4) is 0 Å². The molecule has 0 aliphatic rings. The molecule has 88 valence electrons. The predicted octanol–water partition coefficient (Wildman–Crippen LogP) is 1.74. The Morgan fingerprint density at radius 1 is 1.50 bits per heavy atom. The fourth-order valence-electron chi connectivity index (χ4n) is 1.18. The largest absolute Gasteiger partial charge is 0.481 e. The van der Waals surface area contributed by atoms with Gasteiger partial charge in [-0.25, -0.2) is 13.8 Å². The van der Waals surface area contributed by atoms with E-state index in [4.69, 9.17) is 0 Å². The summed E-state index contributed by atoms with van der Waals surface area (Å²) >= 11 is 0. The number of hydrogen-bond acceptors (Lipinski definition) is 4. The molecule has 16 heavy (non-hydrogen) atoms. The maximum Gasteiger partial charge on any atom is 0.310 e. The molecule has 0 amide bonds. The molecule has 0 bridgehead atoms. The standard InChI is InChI=1S/C10H11F2NO3/c1-15-8(14)4-6-3-7(9(11)12)10(16-2)13-5-6/h3,5,9H,4H2,1-2H3. The van der Waals surface area contributed by atoms with Gasteiger partial charge in [-0.05, 0) is 11.6 Å². The first-order valence-corrected chi connectivity index (χ1v) is 4.46. The summed E-state index contributed by atoms with van der Waals surface area (Å²) in [5, 5.41) is 0. The van der Waals surface area contributed by atoms with E-state index in [1.807, 2.05) is 0 Å². The van der Waals surface area contributed by atoms with Crippen LogP contribution < -0.4 is 4.74 Å². The van der Waals surface area contributed by atoms with E-state index in [1.165, 1.54) is 26.5 Å². The highest BCUT2D eigenvalue weighted by Crippen LogP contribution is 2.27. The van der Waals surface area contributed by atoms with Crippen molar-refractivity contribution in [3.05, 3.63) is 23.4 Å². The third-order valence-corrected chi connectivity index (χ3v) is 1.94. The van der Waals surface area contributed by atoms with E-state index in [9.17, 15) is 13.6 Å². The first kappa shape index (κ1) is 12.4. The third-order valence-electron chi connectivity index (χ3n) is 1.94. The van der Waals surface area contributed by atoms with Crippen molar-refractivity contribution in [2.45, 2.75) is 12.8 Å². The quantitative estimate of drug-likeness (QED) is 0.740. The number of methoxy groups -OCH3 is 2. The van der Waals surface area contributed by atoms with Gasteiger partial charge in [-0.3, -0.25) is 4.79 Å². The Labute approximate surface area is 91.2 Å². The summed E-state index contributed by atoms with van der Waals surface area (Å²) in [5.74, 6) is -0.643. The summed E-state index contributed by atoms with van der Waals surface area (Å²) in [6.07, 6.45) is -1.48. The Morgan fingerprint density at radius 3 is 2.69 bits per heavy atom. The van der Waals surface area contributed by atoms with E-state index in [0.29, 0.717) is 5.56 Å². The molecule has 0 saturated carbocycles. The molecule has 0 unspecified atom stereocenters. The van der Waals surface area contributed by atoms with Gasteiger partial charge < -0.3 is 9.47 Å². The topological polar surface area (TPSA) is 48.4 Å². The molecule has 4 nitrogen and oxygen atoms in total. The molecule has 0 radical (unpaired) electrons. The fourth-order valence-corrected chi connectivity index (χ4v) is 1.18. The first-order chi connectivity index (χ1) is 7.58. The molecule has 1 aromatic heterocycles. The lowest BCUT2D eigenvalue weighted by Crippen LogP contribution is -2.06. The zero-order valence-electron chi connectivity index (χ0n) is 8.87. The molecule has 0 N–H and O–H groups in total. The van der Waals surface area contributed by atoms with Gasteiger partial charge in [0, 0.05) is 6.20 Å². The molecule has 0 spiro atoms. The van der Waals surface area contributed by atoms with Crippen LogP contribution in [-0.2, 0) is 16.0 Å². The maximum atomic E-state index is 12.6. The SMILES string of the molecule is COC(=O)Cc1cnc(OC)c(C(F)F)c1. The summed E-state index contributed by atoms with van der Waals surface area (Å²) in [7, 11) is 2.49. The van der Waals surface area contributed by atoms with Crippen LogP contribution in [0.1, 0.15) is 17.6 Å². The van der Waals surface area contributed by atoms with E-state index >= 15 is 0 Å². The third kappa shape index (κ3) is 2.88. The molecule has 1 rings (SSSR count). The summed E-state index contributed by atoms with van der Waals surface area (Å²) in [6, 6.07) is 1.19. The minimum Gasteiger partial charge on any atom is -0.481 e. The maximum absolute atomic E-state index is 12.6. The Bertz CT molecular complexity index is 382. The number of pyridine rings is 1. The van der Waals surface area contributed by atoms with Gasteiger partial charge in [0.15, 0.2) is 0 Å². The number of esters is 1. The van der Waals surface area contributed by atoms with Gasteiger partial charge in [0.1, 0.15) is 0 Å². The summed E-state index contributed by atoms with van der Waals surface area (Å²) in [5.41, 5.74) is 0.0341. The van der Waals surface area contributed by atoms with Crippen molar-refractivity contribution in [2.75, 3.05) is 14.2 Å². The number of ether oxygens (including phenoxy) is 2. The van der Waals surface area contributed by atoms with Crippen molar-refractivity contribution >= 4 is 5.97 Å². The molecule has 0 fully saturated rings. The predicted molar refractivity (Wildman–Crippen MR) is 51.5 cm³/mol. The van der Waals surface area contributed by atoms with Crippen LogP contribution in [-0.4, -0.2) is 25.2 Å². The average molecular weight is 231 g/mol. The smallest absolute Gasteiger partial charge is 0.310 e. The highest BCUT2D eigenvalue weighted by atomic mass is 19.3. The first-order valence-electron chi connectivity index (χ1n) is 4.46. The second kappa shape index (κ2) is 5.39. The summed E-state index contributed by atoms with van der Waals surface area (Å²) in [6.45, 7) is 0. The Morgan fingerprint density at radius 2 is 2.19 bits per heavy atom. The van der Waals surface area contributed by atoms with Crippen LogP contribution in [0.25, 0.3) is 0 Å². The molecule has 0 saturated heterocycles. The van der Waals surface area contributed by atoms with Crippen molar-refractivity contribution < 1.29 is 23.0 Å². The van der Waals surface area contributed by atoms with Crippen molar-refractivity contribution in [1.29, 1.82) is 0 Å². The Hall–Kier alpha value is -1.72. The minimum atomic E-state index is -2.69. The lowest BCUT2D eigenvalue weighted by molar-refractivity contribution is -0.139. The lowest BCUT2D eigenvalue weighted by Gasteiger charge is -2.08. The average Bonchev–Trinajstić information content (AvgIpc) is 2.28. The number of alkyl halides is 2. The summed E-state index contributed by atoms with van der Waals surface area (Å²) in [4.78, 5) is 14.6. The number of rotatable bonds is 4. The molecule has 1 aromatic rings. The van der Waals surface area contributed by atoms with Gasteiger partial charge >= 0.3 is 5.97 Å². The number of carbonyl (C=O) groups excluding carboxylic acids is 1. The molecular weight excluding hydrogens is 220 g/mol. The van der Waals surface area contributed by atoms with E-state index in [2.05, 4.69) is 14.5 Å². The zero-order valence-corrected chi connectivity index (χ0v) is 8.87. The van der Waals surface area contributed by atoms with Gasteiger partial charge in [-0.15, -0.1) is 0 Å². The van der Waals surface area contributed by atoms with Gasteiger partial charge in [0.05, 0.1) is 26.2 Å². The molecule has 1 heterocycles. The van der Waals surface area contributed by atoms with Crippen LogP contribution in [0.5, 0.6) is 5.88 Å². The number of aromatic nitrogens is 1. The molecule has 0 aliphatic heterocycles. The van der Waals surface area contributed by atoms with Crippen molar-refractivity contribution in [2.24, 2.45) is 0 Å². The van der Waals surface area contributed by atoms with Crippen LogP contribution in [0.4, 0.5) is 8.78 Å². The van der Waals surface area contributed by atoms with Crippen molar-refractivity contribution in [1.82, 2.24) is 4.98 Å². The van der Waals surface area contributed by atoms with Crippen LogP contribution >= 0.6 is 0 Å². The normalized spacial score (nSPS) is 10.3. The number of hydrogen-bond donors (Lipinski definition) is 0. The monoisotopic (exact) mass is 231 g/mol. The van der Waals surface area contributed by atoms with E-state index in [-0.39, 0.29) is 17.9 Å². The second-order valence-electron chi connectivity index (χ2n) is 3.00.